The van der Waals surface area contributed by atoms with Gasteiger partial charge in [0.1, 0.15) is 19.3 Å². The van der Waals surface area contributed by atoms with Crippen LogP contribution in [-0.4, -0.2) is 96.7 Å². The molecule has 0 radical (unpaired) electrons. The van der Waals surface area contributed by atoms with Crippen LogP contribution in [0.25, 0.3) is 0 Å². The van der Waals surface area contributed by atoms with Gasteiger partial charge in [-0.15, -0.1) is 0 Å². The second-order valence-corrected chi connectivity index (χ2v) is 31.2. The first-order chi connectivity index (χ1) is 46.3. The van der Waals surface area contributed by atoms with E-state index in [0.29, 0.717) is 31.6 Å². The highest BCUT2D eigenvalue weighted by Crippen LogP contribution is 2.45. The quantitative estimate of drug-likeness (QED) is 0.0169. The van der Waals surface area contributed by atoms with Gasteiger partial charge in [-0.2, -0.15) is 0 Å². The molecule has 0 aromatic rings. The number of esters is 4. The van der Waals surface area contributed by atoms with E-state index in [1.807, 2.05) is 0 Å². The molecule has 566 valence electrons. The molecule has 0 aliphatic carbocycles. The molecule has 0 spiro atoms. The van der Waals surface area contributed by atoms with E-state index in [0.717, 1.165) is 127 Å². The number of ether oxygens (including phenoxy) is 4. The maximum absolute atomic E-state index is 13.1. The molecule has 0 aliphatic heterocycles. The summed E-state index contributed by atoms with van der Waals surface area (Å²) >= 11 is 0. The standard InChI is InChI=1S/C77H146O17P2/c1-8-10-11-12-13-14-15-16-19-23-26-29-37-44-51-58-74(79)87-64-72(94-77(82)61-54-47-39-32-31-36-43-50-57-70(7)9-2)66-91-95(83,84)89-62-71(78)63-90-96(85,86)92-67-73(65-88-75(80)59-52-45-40-33-35-42-49-56-69(5)6)93-76(81)60-53-46-38-30-27-24-21-18-17-20-22-25-28-34-41-48-55-68(3)4/h14-16,19,68-73,78H,8-13,17-18,20-67H2,1-7H3,(H,83,84)(H,85,86)/b15-14-,19-16-/t70?,71?,72-,73-/m1/s1. The van der Waals surface area contributed by atoms with Gasteiger partial charge in [0.25, 0.3) is 0 Å². The topological polar surface area (TPSA) is 237 Å². The molecule has 17 nitrogen and oxygen atoms in total. The number of phosphoric acid groups is 2. The highest BCUT2D eigenvalue weighted by Gasteiger charge is 2.30. The number of rotatable bonds is 73. The van der Waals surface area contributed by atoms with E-state index in [-0.39, 0.29) is 25.7 Å². The van der Waals surface area contributed by atoms with Gasteiger partial charge in [0.15, 0.2) is 12.2 Å². The molecule has 96 heavy (non-hydrogen) atoms. The molecule has 0 saturated carbocycles. The molecule has 0 aromatic heterocycles. The smallest absolute Gasteiger partial charge is 0.462 e. The van der Waals surface area contributed by atoms with E-state index in [4.69, 9.17) is 37.0 Å². The lowest BCUT2D eigenvalue weighted by molar-refractivity contribution is -0.161. The second-order valence-electron chi connectivity index (χ2n) is 28.3. The fourth-order valence-electron chi connectivity index (χ4n) is 11.2. The van der Waals surface area contributed by atoms with Crippen molar-refractivity contribution in [3.05, 3.63) is 24.3 Å². The van der Waals surface area contributed by atoms with Gasteiger partial charge in [0, 0.05) is 25.7 Å². The van der Waals surface area contributed by atoms with Gasteiger partial charge < -0.3 is 33.8 Å². The lowest BCUT2D eigenvalue weighted by atomic mass is 9.99. The predicted molar refractivity (Wildman–Crippen MR) is 390 cm³/mol. The lowest BCUT2D eigenvalue weighted by Gasteiger charge is -2.21. The van der Waals surface area contributed by atoms with Crippen molar-refractivity contribution in [2.24, 2.45) is 17.8 Å². The van der Waals surface area contributed by atoms with Gasteiger partial charge in [-0.1, -0.05) is 317 Å². The first kappa shape index (κ1) is 93.5. The first-order valence-corrected chi connectivity index (χ1v) is 42.2. The Morgan fingerprint density at radius 3 is 0.927 bits per heavy atom. The van der Waals surface area contributed by atoms with Gasteiger partial charge in [-0.05, 0) is 69.1 Å². The minimum atomic E-state index is -4.96. The minimum absolute atomic E-state index is 0.0979. The van der Waals surface area contributed by atoms with Crippen molar-refractivity contribution in [3.63, 3.8) is 0 Å². The van der Waals surface area contributed by atoms with Crippen LogP contribution in [0, 0.1) is 17.8 Å². The molecule has 0 saturated heterocycles. The summed E-state index contributed by atoms with van der Waals surface area (Å²) in [6, 6.07) is 0. The molecule has 0 heterocycles. The molecule has 0 rings (SSSR count). The fourth-order valence-corrected chi connectivity index (χ4v) is 12.8. The summed E-state index contributed by atoms with van der Waals surface area (Å²) in [5.74, 6) is 0.128. The van der Waals surface area contributed by atoms with Crippen LogP contribution in [0.15, 0.2) is 24.3 Å². The molecule has 0 fully saturated rings. The zero-order valence-electron chi connectivity index (χ0n) is 62.3. The summed E-state index contributed by atoms with van der Waals surface area (Å²) in [6.45, 7) is 11.8. The largest absolute Gasteiger partial charge is 0.472 e. The van der Waals surface area contributed by atoms with Crippen LogP contribution in [0.1, 0.15) is 370 Å². The molecule has 6 atom stereocenters. The number of phosphoric ester groups is 2. The van der Waals surface area contributed by atoms with E-state index < -0.39 is 97.5 Å². The molecule has 19 heteroatoms. The zero-order valence-corrected chi connectivity index (χ0v) is 64.1. The maximum Gasteiger partial charge on any atom is 0.472 e. The van der Waals surface area contributed by atoms with Crippen molar-refractivity contribution >= 4 is 39.5 Å². The highest BCUT2D eigenvalue weighted by molar-refractivity contribution is 7.47. The monoisotopic (exact) mass is 1410 g/mol. The third-order valence-corrected chi connectivity index (χ3v) is 19.5. The third-order valence-electron chi connectivity index (χ3n) is 17.6. The normalized spacial score (nSPS) is 14.5. The van der Waals surface area contributed by atoms with Crippen molar-refractivity contribution in [2.75, 3.05) is 39.6 Å². The third kappa shape index (κ3) is 68.7. The SMILES string of the molecule is CCCCCC/C=C\C=C/CCCCCCCC(=O)OC[C@H](COP(=O)(O)OCC(O)COP(=O)(O)OC[C@@H](COC(=O)CCCCCCCCCC(C)C)OC(=O)CCCCCCCCCCCCCCCCCCC(C)C)OC(=O)CCCCCCCCCCC(C)CC. The summed E-state index contributed by atoms with van der Waals surface area (Å²) in [5.41, 5.74) is 0. The minimum Gasteiger partial charge on any atom is -0.462 e. The summed E-state index contributed by atoms with van der Waals surface area (Å²) in [4.78, 5) is 72.8. The Hall–Kier alpha value is -2.46. The van der Waals surface area contributed by atoms with E-state index in [1.54, 1.807) is 0 Å². The number of allylic oxidation sites excluding steroid dienone is 4. The van der Waals surface area contributed by atoms with E-state index in [2.05, 4.69) is 72.8 Å². The van der Waals surface area contributed by atoms with E-state index >= 15 is 0 Å². The Balaban J connectivity index is 5.25. The first-order valence-electron chi connectivity index (χ1n) is 39.2. The Labute approximate surface area is 586 Å². The molecule has 0 aromatic carbocycles. The Morgan fingerprint density at radius 2 is 0.615 bits per heavy atom. The predicted octanol–water partition coefficient (Wildman–Crippen LogP) is 22.1. The van der Waals surface area contributed by atoms with Crippen LogP contribution in [0.2, 0.25) is 0 Å². The summed E-state index contributed by atoms with van der Waals surface area (Å²) in [6.07, 6.45) is 56.4. The van der Waals surface area contributed by atoms with Crippen molar-refractivity contribution in [1.82, 2.24) is 0 Å². The fraction of sp³-hybridized carbons (Fsp3) is 0.896. The van der Waals surface area contributed by atoms with Crippen LogP contribution in [0.3, 0.4) is 0 Å². The van der Waals surface area contributed by atoms with E-state index in [9.17, 15) is 43.2 Å². The highest BCUT2D eigenvalue weighted by atomic mass is 31.2. The summed E-state index contributed by atoms with van der Waals surface area (Å²) in [7, 11) is -9.92. The summed E-state index contributed by atoms with van der Waals surface area (Å²) < 4.78 is 68.5. The maximum atomic E-state index is 13.1. The van der Waals surface area contributed by atoms with Gasteiger partial charge in [-0.25, -0.2) is 9.13 Å². The van der Waals surface area contributed by atoms with Crippen molar-refractivity contribution in [1.29, 1.82) is 0 Å². The van der Waals surface area contributed by atoms with Crippen molar-refractivity contribution in [3.8, 4) is 0 Å². The van der Waals surface area contributed by atoms with Crippen molar-refractivity contribution in [2.45, 2.75) is 388 Å². The van der Waals surface area contributed by atoms with Crippen LogP contribution in [-0.2, 0) is 65.4 Å². The van der Waals surface area contributed by atoms with Crippen molar-refractivity contribution < 1.29 is 80.2 Å². The Bertz CT molecular complexity index is 1970. The van der Waals surface area contributed by atoms with Gasteiger partial charge in [0.05, 0.1) is 26.4 Å². The number of carbonyl (C=O) groups excluding carboxylic acids is 4. The van der Waals surface area contributed by atoms with Gasteiger partial charge in [0.2, 0.25) is 0 Å². The molecular weight excluding hydrogens is 1260 g/mol. The Kier molecular flexibility index (Phi) is 65.3. The molecule has 3 N–H and O–H groups in total. The number of carbonyl (C=O) groups is 4. The number of unbranched alkanes of at least 4 members (excludes halogenated alkanes) is 37. The van der Waals surface area contributed by atoms with Crippen LogP contribution in [0.5, 0.6) is 0 Å². The molecule has 0 bridgehead atoms. The summed E-state index contributed by atoms with van der Waals surface area (Å²) in [5, 5.41) is 10.6. The molecule has 0 amide bonds. The number of aliphatic hydroxyl groups excluding tert-OH is 1. The van der Waals surface area contributed by atoms with Crippen LogP contribution >= 0.6 is 15.6 Å². The Morgan fingerprint density at radius 1 is 0.344 bits per heavy atom. The lowest BCUT2D eigenvalue weighted by Crippen LogP contribution is -2.30. The number of hydrogen-bond acceptors (Lipinski definition) is 15. The van der Waals surface area contributed by atoms with Gasteiger partial charge in [-0.3, -0.25) is 37.3 Å². The average Bonchev–Trinajstić information content (AvgIpc) is 2.21. The number of aliphatic hydroxyl groups is 1. The number of hydrogen-bond donors (Lipinski definition) is 3. The van der Waals surface area contributed by atoms with Crippen LogP contribution in [0.4, 0.5) is 0 Å². The molecule has 0 aliphatic rings. The average molecular weight is 1410 g/mol. The van der Waals surface area contributed by atoms with Gasteiger partial charge >= 0.3 is 39.5 Å². The molecule has 4 unspecified atom stereocenters. The van der Waals surface area contributed by atoms with E-state index in [1.165, 1.54) is 154 Å². The van der Waals surface area contributed by atoms with Crippen LogP contribution < -0.4 is 0 Å². The second kappa shape index (κ2) is 67.1. The molecular formula is C77H146O17P2. The zero-order chi connectivity index (χ0) is 70.9.